The van der Waals surface area contributed by atoms with Crippen LogP contribution in [0.1, 0.15) is 13.8 Å². The van der Waals surface area contributed by atoms with Crippen LogP contribution in [0, 0.1) is 0 Å². The van der Waals surface area contributed by atoms with Crippen molar-refractivity contribution in [1.82, 2.24) is 10.2 Å². The number of thioether (sulfide) groups is 1. The number of methoxy groups -OCH3 is 1. The monoisotopic (exact) mass is 581 g/mol. The number of ketones is 1. The SMILES string of the molecule is CCOC(=O)OC(C)OC(=O)C1=C(COC)CS[C@@H]2C(NC(=O)C(=NOC)C(=O)COS(C)(=O)=O)C(=O)N12. The molecule has 1 fully saturated rings. The number of nitrogens with zero attached hydrogens (tertiary/aromatic N) is 2. The standard InChI is InChI=1S/C20H27N3O13S2/c1-6-33-20(28)36-10(2)35-19(27)15-11(7-31-3)9-37-18-14(17(26)23(15)18)21-16(25)13(22-32-4)12(24)8-34-38(5,29)30/h10,14,18H,6-9H2,1-5H3,(H,21,25)/t10?,14?,18-/m1/s1. The first kappa shape index (κ1) is 31.0. The maximum Gasteiger partial charge on any atom is 0.511 e. The van der Waals surface area contributed by atoms with Gasteiger partial charge in [-0.05, 0) is 12.5 Å². The van der Waals surface area contributed by atoms with Gasteiger partial charge < -0.3 is 29.1 Å². The molecule has 38 heavy (non-hydrogen) atoms. The molecular weight excluding hydrogens is 554 g/mol. The van der Waals surface area contributed by atoms with E-state index in [1.807, 2.05) is 0 Å². The lowest BCUT2D eigenvalue weighted by Crippen LogP contribution is -2.71. The summed E-state index contributed by atoms with van der Waals surface area (Å²) in [5, 5.41) is 4.87. The van der Waals surface area contributed by atoms with Gasteiger partial charge in [-0.1, -0.05) is 5.16 Å². The molecular formula is C20H27N3O13S2. The summed E-state index contributed by atoms with van der Waals surface area (Å²) >= 11 is 1.20. The molecule has 18 heteroatoms. The van der Waals surface area contributed by atoms with Crippen molar-refractivity contribution < 1.29 is 60.4 Å². The van der Waals surface area contributed by atoms with Gasteiger partial charge in [0.2, 0.25) is 17.8 Å². The van der Waals surface area contributed by atoms with E-state index in [2.05, 4.69) is 24.2 Å². The zero-order valence-corrected chi connectivity index (χ0v) is 22.7. The number of rotatable bonds is 13. The van der Waals surface area contributed by atoms with Crippen molar-refractivity contribution in [3.63, 3.8) is 0 Å². The Bertz CT molecular complexity index is 1130. The first-order valence-corrected chi connectivity index (χ1v) is 13.7. The van der Waals surface area contributed by atoms with E-state index in [1.54, 1.807) is 6.92 Å². The van der Waals surface area contributed by atoms with Crippen LogP contribution in [0.3, 0.4) is 0 Å². The Morgan fingerprint density at radius 3 is 2.47 bits per heavy atom. The lowest BCUT2D eigenvalue weighted by atomic mass is 10.0. The molecule has 3 atom stereocenters. The van der Waals surface area contributed by atoms with E-state index in [-0.39, 0.29) is 24.7 Å². The summed E-state index contributed by atoms with van der Waals surface area (Å²) in [5.74, 6) is -3.72. The van der Waals surface area contributed by atoms with Gasteiger partial charge >= 0.3 is 12.1 Å². The second-order valence-electron chi connectivity index (χ2n) is 7.53. The maximum atomic E-state index is 13.0. The highest BCUT2D eigenvalue weighted by atomic mass is 32.2. The van der Waals surface area contributed by atoms with Gasteiger partial charge in [-0.15, -0.1) is 11.8 Å². The van der Waals surface area contributed by atoms with Gasteiger partial charge in [0.25, 0.3) is 21.9 Å². The number of carbonyl (C=O) groups is 5. The highest BCUT2D eigenvalue weighted by molar-refractivity contribution is 8.00. The summed E-state index contributed by atoms with van der Waals surface area (Å²) in [6.07, 6.45) is -1.68. The minimum Gasteiger partial charge on any atom is -0.435 e. The average Bonchev–Trinajstić information content (AvgIpc) is 2.83. The molecule has 2 rings (SSSR count). The molecule has 0 aromatic carbocycles. The van der Waals surface area contributed by atoms with Gasteiger partial charge in [-0.2, -0.15) is 8.42 Å². The lowest BCUT2D eigenvalue weighted by molar-refractivity contribution is -0.169. The number of ether oxygens (including phenoxy) is 4. The maximum absolute atomic E-state index is 13.0. The molecule has 0 aromatic heterocycles. The second-order valence-corrected chi connectivity index (χ2v) is 10.3. The Hall–Kier alpha value is -3.22. The van der Waals surface area contributed by atoms with E-state index in [1.165, 1.54) is 25.8 Å². The van der Waals surface area contributed by atoms with Crippen LogP contribution >= 0.6 is 11.8 Å². The summed E-state index contributed by atoms with van der Waals surface area (Å²) in [6.45, 7) is 1.86. The first-order chi connectivity index (χ1) is 17.8. The summed E-state index contributed by atoms with van der Waals surface area (Å²) in [6, 6.07) is -1.18. The molecule has 0 radical (unpaired) electrons. The molecule has 1 saturated heterocycles. The molecule has 0 aromatic rings. The Balaban J connectivity index is 2.17. The average molecular weight is 582 g/mol. The highest BCUT2D eigenvalue weighted by Crippen LogP contribution is 2.40. The van der Waals surface area contributed by atoms with Crippen LogP contribution in [-0.2, 0) is 57.3 Å². The predicted molar refractivity (Wildman–Crippen MR) is 128 cm³/mol. The van der Waals surface area contributed by atoms with Crippen molar-refractivity contribution in [2.24, 2.45) is 5.16 Å². The second kappa shape index (κ2) is 13.5. The topological polar surface area (TPSA) is 202 Å². The molecule has 2 unspecified atom stereocenters. The van der Waals surface area contributed by atoms with Crippen LogP contribution in [0.2, 0.25) is 0 Å². The minimum absolute atomic E-state index is 0.0163. The highest BCUT2D eigenvalue weighted by Gasteiger charge is 2.55. The number of esters is 1. The fraction of sp³-hybridized carbons (Fsp3) is 0.600. The fourth-order valence-electron chi connectivity index (χ4n) is 3.22. The Morgan fingerprint density at radius 1 is 1.21 bits per heavy atom. The third-order valence-corrected chi connectivity index (χ3v) is 6.59. The van der Waals surface area contributed by atoms with Gasteiger partial charge in [0.1, 0.15) is 30.8 Å². The molecule has 0 saturated carbocycles. The summed E-state index contributed by atoms with van der Waals surface area (Å²) in [4.78, 5) is 68.0. The van der Waals surface area contributed by atoms with E-state index in [0.29, 0.717) is 11.8 Å². The largest absolute Gasteiger partial charge is 0.511 e. The molecule has 2 amide bonds. The third-order valence-electron chi connectivity index (χ3n) is 4.71. The Morgan fingerprint density at radius 2 is 1.89 bits per heavy atom. The van der Waals surface area contributed by atoms with Gasteiger partial charge in [-0.25, -0.2) is 9.59 Å². The first-order valence-electron chi connectivity index (χ1n) is 10.8. The van der Waals surface area contributed by atoms with Crippen molar-refractivity contribution in [3.8, 4) is 0 Å². The van der Waals surface area contributed by atoms with Crippen molar-refractivity contribution in [2.45, 2.75) is 31.6 Å². The number of oxime groups is 1. The number of amides is 2. The quantitative estimate of drug-likeness (QED) is 0.0522. The number of Topliss-reactive ketones (excluding diaryl/α,β-unsaturated/α-hetero) is 1. The van der Waals surface area contributed by atoms with Crippen LogP contribution in [0.5, 0.6) is 0 Å². The molecule has 16 nitrogen and oxygen atoms in total. The predicted octanol–water partition coefficient (Wildman–Crippen LogP) is -1.10. The van der Waals surface area contributed by atoms with Crippen molar-refractivity contribution in [2.75, 3.05) is 46.0 Å². The van der Waals surface area contributed by atoms with Gasteiger partial charge in [0.05, 0.1) is 19.5 Å². The van der Waals surface area contributed by atoms with E-state index < -0.39 is 69.9 Å². The van der Waals surface area contributed by atoms with Crippen molar-refractivity contribution >= 4 is 57.3 Å². The third kappa shape index (κ3) is 7.89. The van der Waals surface area contributed by atoms with E-state index >= 15 is 0 Å². The zero-order valence-electron chi connectivity index (χ0n) is 21.1. The number of carbonyl (C=O) groups excluding carboxylic acids is 5. The van der Waals surface area contributed by atoms with E-state index in [9.17, 15) is 32.4 Å². The van der Waals surface area contributed by atoms with E-state index in [0.717, 1.165) is 12.0 Å². The van der Waals surface area contributed by atoms with Crippen LogP contribution in [0.4, 0.5) is 4.79 Å². The lowest BCUT2D eigenvalue weighted by Gasteiger charge is -2.49. The number of hydrogen-bond donors (Lipinski definition) is 1. The van der Waals surface area contributed by atoms with E-state index in [4.69, 9.17) is 14.2 Å². The van der Waals surface area contributed by atoms with Crippen molar-refractivity contribution in [1.29, 1.82) is 0 Å². The molecule has 0 aliphatic carbocycles. The molecule has 212 valence electrons. The fourth-order valence-corrected chi connectivity index (χ4v) is 4.87. The summed E-state index contributed by atoms with van der Waals surface area (Å²) in [5.41, 5.74) is -0.563. The van der Waals surface area contributed by atoms with Crippen LogP contribution < -0.4 is 5.32 Å². The molecule has 2 aliphatic rings. The molecule has 0 bridgehead atoms. The van der Waals surface area contributed by atoms with Gasteiger partial charge in [0.15, 0.2) is 0 Å². The molecule has 2 aliphatic heterocycles. The van der Waals surface area contributed by atoms with Crippen LogP contribution in [0.15, 0.2) is 16.4 Å². The number of hydrogen-bond acceptors (Lipinski definition) is 15. The van der Waals surface area contributed by atoms with Gasteiger partial charge in [0, 0.05) is 19.8 Å². The number of nitrogens with one attached hydrogen (secondary N) is 1. The number of β-lactam (4-membered cyclic amide) rings is 1. The Labute approximate surface area is 222 Å². The van der Waals surface area contributed by atoms with Crippen LogP contribution in [-0.4, -0.2) is 113 Å². The van der Waals surface area contributed by atoms with Crippen LogP contribution in [0.25, 0.3) is 0 Å². The summed E-state index contributed by atoms with van der Waals surface area (Å²) < 4.78 is 46.4. The van der Waals surface area contributed by atoms with Gasteiger partial charge in [-0.3, -0.25) is 23.5 Å². The minimum atomic E-state index is -3.98. The number of fused-ring (bicyclic) bond motifs is 1. The smallest absolute Gasteiger partial charge is 0.435 e. The summed E-state index contributed by atoms with van der Waals surface area (Å²) in [7, 11) is -1.54. The molecule has 2 heterocycles. The zero-order chi connectivity index (χ0) is 28.6. The Kier molecular flexibility index (Phi) is 11.0. The normalized spacial score (nSPS) is 20.1. The molecule has 1 N–H and O–H groups in total. The van der Waals surface area contributed by atoms with Crippen molar-refractivity contribution in [3.05, 3.63) is 11.3 Å². The molecule has 0 spiro atoms.